The number of hydrogen-bond donors (Lipinski definition) is 1. The van der Waals surface area contributed by atoms with E-state index in [1.165, 1.54) is 38.9 Å². The van der Waals surface area contributed by atoms with Gasteiger partial charge in [-0.25, -0.2) is 0 Å². The van der Waals surface area contributed by atoms with E-state index in [9.17, 15) is 0 Å². The molecule has 4 unspecified atom stereocenters. The third-order valence-corrected chi connectivity index (χ3v) is 4.80. The summed E-state index contributed by atoms with van der Waals surface area (Å²) >= 11 is 0. The van der Waals surface area contributed by atoms with Gasteiger partial charge in [0.2, 0.25) is 0 Å². The Morgan fingerprint density at radius 1 is 1.28 bits per heavy atom. The summed E-state index contributed by atoms with van der Waals surface area (Å²) in [5.41, 5.74) is 0. The molecule has 0 radical (unpaired) electrons. The smallest absolute Gasteiger partial charge is 0.0224 e. The molecule has 2 aliphatic heterocycles. The lowest BCUT2D eigenvalue weighted by Gasteiger charge is -2.45. The number of rotatable bonds is 5. The van der Waals surface area contributed by atoms with Gasteiger partial charge in [-0.05, 0) is 53.1 Å². The van der Waals surface area contributed by atoms with E-state index in [1.54, 1.807) is 0 Å². The molecule has 3 heteroatoms. The van der Waals surface area contributed by atoms with Gasteiger partial charge >= 0.3 is 0 Å². The monoisotopic (exact) mass is 253 g/mol. The molecule has 0 aromatic carbocycles. The largest absolute Gasteiger partial charge is 0.314 e. The van der Waals surface area contributed by atoms with Crippen LogP contribution in [0.4, 0.5) is 0 Å². The zero-order chi connectivity index (χ0) is 13.1. The summed E-state index contributed by atoms with van der Waals surface area (Å²) in [6, 6.07) is 2.91. The topological polar surface area (TPSA) is 18.5 Å². The molecule has 0 aromatic rings. The van der Waals surface area contributed by atoms with Crippen LogP contribution in [0.1, 0.15) is 47.0 Å². The Balaban J connectivity index is 1.87. The lowest BCUT2D eigenvalue weighted by molar-refractivity contribution is 0.0282. The van der Waals surface area contributed by atoms with E-state index in [-0.39, 0.29) is 0 Å². The zero-order valence-electron chi connectivity index (χ0n) is 12.7. The summed E-state index contributed by atoms with van der Waals surface area (Å²) in [7, 11) is 0. The lowest BCUT2D eigenvalue weighted by Crippen LogP contribution is -2.58. The Labute approximate surface area is 113 Å². The molecule has 3 nitrogen and oxygen atoms in total. The van der Waals surface area contributed by atoms with Crippen LogP contribution in [-0.4, -0.2) is 60.1 Å². The van der Waals surface area contributed by atoms with E-state index >= 15 is 0 Å². The minimum absolute atomic E-state index is 0.638. The van der Waals surface area contributed by atoms with Gasteiger partial charge in [0.1, 0.15) is 0 Å². The summed E-state index contributed by atoms with van der Waals surface area (Å²) in [6.07, 6.45) is 4.09. The van der Waals surface area contributed by atoms with Gasteiger partial charge in [-0.1, -0.05) is 6.92 Å². The molecule has 4 atom stereocenters. The van der Waals surface area contributed by atoms with Crippen LogP contribution in [0.2, 0.25) is 0 Å². The van der Waals surface area contributed by atoms with Crippen LogP contribution in [0.15, 0.2) is 0 Å². The maximum absolute atomic E-state index is 3.54. The molecule has 0 amide bonds. The second kappa shape index (κ2) is 6.36. The molecule has 2 aliphatic rings. The number of piperazine rings is 1. The van der Waals surface area contributed by atoms with Crippen LogP contribution in [0.3, 0.4) is 0 Å². The average molecular weight is 253 g/mol. The predicted molar refractivity (Wildman–Crippen MR) is 78.0 cm³/mol. The first-order valence-corrected chi connectivity index (χ1v) is 7.85. The Morgan fingerprint density at radius 2 is 2.06 bits per heavy atom. The summed E-state index contributed by atoms with van der Waals surface area (Å²) in [5, 5.41) is 3.54. The molecule has 0 spiro atoms. The minimum atomic E-state index is 0.638. The Kier molecular flexibility index (Phi) is 5.05. The van der Waals surface area contributed by atoms with Crippen LogP contribution in [-0.2, 0) is 0 Å². The van der Waals surface area contributed by atoms with Crippen LogP contribution in [0.25, 0.3) is 0 Å². The Bertz CT molecular complexity index is 256. The second-order valence-electron chi connectivity index (χ2n) is 6.38. The number of nitrogens with one attached hydrogen (secondary N) is 1. The van der Waals surface area contributed by atoms with E-state index in [0.717, 1.165) is 18.6 Å². The van der Waals surface area contributed by atoms with E-state index in [0.29, 0.717) is 12.1 Å². The van der Waals surface area contributed by atoms with Gasteiger partial charge in [-0.2, -0.15) is 0 Å². The molecule has 0 bridgehead atoms. The van der Waals surface area contributed by atoms with Crippen molar-refractivity contribution in [2.75, 3.05) is 26.2 Å². The third kappa shape index (κ3) is 3.25. The molecule has 0 aliphatic carbocycles. The second-order valence-corrected chi connectivity index (χ2v) is 6.38. The highest BCUT2D eigenvalue weighted by Gasteiger charge is 2.36. The summed E-state index contributed by atoms with van der Waals surface area (Å²) in [4.78, 5) is 5.46. The molecule has 2 saturated heterocycles. The van der Waals surface area contributed by atoms with Crippen LogP contribution < -0.4 is 5.32 Å². The van der Waals surface area contributed by atoms with Gasteiger partial charge < -0.3 is 5.32 Å². The normalized spacial score (nSPS) is 33.3. The number of hydrogen-bond acceptors (Lipinski definition) is 3. The summed E-state index contributed by atoms with van der Waals surface area (Å²) in [6.45, 7) is 14.3. The zero-order valence-corrected chi connectivity index (χ0v) is 12.7. The van der Waals surface area contributed by atoms with Gasteiger partial charge in [0, 0.05) is 37.3 Å². The van der Waals surface area contributed by atoms with Crippen molar-refractivity contribution in [1.82, 2.24) is 15.1 Å². The van der Waals surface area contributed by atoms with Crippen molar-refractivity contribution < 1.29 is 0 Å². The molecule has 0 aromatic heterocycles. The molecular weight excluding hydrogens is 222 g/mol. The van der Waals surface area contributed by atoms with Crippen molar-refractivity contribution in [3.8, 4) is 0 Å². The Hall–Kier alpha value is -0.120. The molecule has 18 heavy (non-hydrogen) atoms. The third-order valence-electron chi connectivity index (χ3n) is 4.80. The van der Waals surface area contributed by atoms with E-state index in [1.807, 2.05) is 0 Å². The van der Waals surface area contributed by atoms with Gasteiger partial charge in [0.15, 0.2) is 0 Å². The highest BCUT2D eigenvalue weighted by Crippen LogP contribution is 2.26. The van der Waals surface area contributed by atoms with Gasteiger partial charge in [-0.3, -0.25) is 9.80 Å². The fraction of sp³-hybridized carbons (Fsp3) is 1.00. The first kappa shape index (κ1) is 14.3. The molecule has 2 heterocycles. The number of fused-ring (bicyclic) bond motifs is 1. The highest BCUT2D eigenvalue weighted by molar-refractivity contribution is 4.92. The van der Waals surface area contributed by atoms with Crippen LogP contribution in [0.5, 0.6) is 0 Å². The molecule has 2 fully saturated rings. The number of nitrogens with zero attached hydrogens (tertiary/aromatic N) is 2. The van der Waals surface area contributed by atoms with Crippen molar-refractivity contribution in [1.29, 1.82) is 0 Å². The molecular formula is C15H31N3. The Morgan fingerprint density at radius 3 is 2.78 bits per heavy atom. The quantitative estimate of drug-likeness (QED) is 0.808. The first-order chi connectivity index (χ1) is 8.61. The predicted octanol–water partition coefficient (Wildman–Crippen LogP) is 1.93. The molecule has 106 valence electrons. The minimum Gasteiger partial charge on any atom is -0.314 e. The SMILES string of the molecule is CCNC(C)CC(C)N1CC2CCCN2CC1C. The summed E-state index contributed by atoms with van der Waals surface area (Å²) < 4.78 is 0. The van der Waals surface area contributed by atoms with Crippen molar-refractivity contribution in [3.63, 3.8) is 0 Å². The molecule has 2 rings (SSSR count). The maximum Gasteiger partial charge on any atom is 0.0224 e. The molecule has 1 N–H and O–H groups in total. The van der Waals surface area contributed by atoms with Crippen molar-refractivity contribution in [3.05, 3.63) is 0 Å². The molecule has 0 saturated carbocycles. The van der Waals surface area contributed by atoms with Crippen molar-refractivity contribution in [2.24, 2.45) is 0 Å². The average Bonchev–Trinajstić information content (AvgIpc) is 2.74. The van der Waals surface area contributed by atoms with Gasteiger partial charge in [-0.15, -0.1) is 0 Å². The van der Waals surface area contributed by atoms with E-state index < -0.39 is 0 Å². The van der Waals surface area contributed by atoms with Crippen molar-refractivity contribution >= 4 is 0 Å². The van der Waals surface area contributed by atoms with Gasteiger partial charge in [0.05, 0.1) is 0 Å². The standard InChI is InChI=1S/C15H31N3/c1-5-16-12(2)9-13(3)18-11-15-7-6-8-17(15)10-14(18)4/h12-16H,5-11H2,1-4H3. The summed E-state index contributed by atoms with van der Waals surface area (Å²) in [5.74, 6) is 0. The lowest BCUT2D eigenvalue weighted by atomic mass is 10.0. The van der Waals surface area contributed by atoms with E-state index in [4.69, 9.17) is 0 Å². The fourth-order valence-electron chi connectivity index (χ4n) is 3.90. The fourth-order valence-corrected chi connectivity index (χ4v) is 3.90. The van der Waals surface area contributed by atoms with Crippen LogP contribution >= 0.6 is 0 Å². The first-order valence-electron chi connectivity index (χ1n) is 7.85. The van der Waals surface area contributed by atoms with Gasteiger partial charge in [0.25, 0.3) is 0 Å². The maximum atomic E-state index is 3.54. The van der Waals surface area contributed by atoms with Crippen molar-refractivity contribution in [2.45, 2.75) is 71.1 Å². The van der Waals surface area contributed by atoms with Crippen LogP contribution in [0, 0.1) is 0 Å². The van der Waals surface area contributed by atoms with E-state index in [2.05, 4.69) is 42.8 Å². The highest BCUT2D eigenvalue weighted by atomic mass is 15.3.